The van der Waals surface area contributed by atoms with Gasteiger partial charge in [0, 0.05) is 17.5 Å². The van der Waals surface area contributed by atoms with Crippen LogP contribution in [-0.2, 0) is 0 Å². The third-order valence-electron chi connectivity index (χ3n) is 4.81. The van der Waals surface area contributed by atoms with Crippen molar-refractivity contribution in [1.29, 1.82) is 0 Å². The number of fused-ring (bicyclic) bond motifs is 1. The quantitative estimate of drug-likeness (QED) is 0.682. The molecule has 1 aliphatic heterocycles. The third-order valence-corrected chi connectivity index (χ3v) is 4.81. The highest BCUT2D eigenvalue weighted by molar-refractivity contribution is 6.07. The zero-order chi connectivity index (χ0) is 17.2. The van der Waals surface area contributed by atoms with Crippen molar-refractivity contribution in [3.05, 3.63) is 54.3 Å². The molecular formula is C20H23Cl2N3O2. The maximum absolute atomic E-state index is 13.0. The Balaban J connectivity index is 0.00000131. The third kappa shape index (κ3) is 4.43. The SMILES string of the molecule is CC1NCCCC1NC(=O)c1cc(-c2ccco2)nc2ccccc12.Cl.Cl. The number of hydrogen-bond donors (Lipinski definition) is 2. The van der Waals surface area contributed by atoms with E-state index < -0.39 is 0 Å². The number of hydrogen-bond acceptors (Lipinski definition) is 4. The van der Waals surface area contributed by atoms with Gasteiger partial charge >= 0.3 is 0 Å². The first-order valence-corrected chi connectivity index (χ1v) is 8.70. The summed E-state index contributed by atoms with van der Waals surface area (Å²) in [4.78, 5) is 17.6. The molecule has 0 saturated carbocycles. The fourth-order valence-corrected chi connectivity index (χ4v) is 3.40. The van der Waals surface area contributed by atoms with Gasteiger partial charge < -0.3 is 15.1 Å². The second-order valence-electron chi connectivity index (χ2n) is 6.51. The Bertz CT molecular complexity index is 899. The molecule has 0 spiro atoms. The number of furan rings is 1. The van der Waals surface area contributed by atoms with Crippen LogP contribution in [-0.4, -0.2) is 29.5 Å². The van der Waals surface area contributed by atoms with Crippen molar-refractivity contribution in [1.82, 2.24) is 15.6 Å². The molecule has 2 atom stereocenters. The lowest BCUT2D eigenvalue weighted by Gasteiger charge is -2.30. The Morgan fingerprint density at radius 1 is 1.22 bits per heavy atom. The number of benzene rings is 1. The van der Waals surface area contributed by atoms with Gasteiger partial charge in [-0.1, -0.05) is 18.2 Å². The lowest BCUT2D eigenvalue weighted by Crippen LogP contribution is -2.51. The zero-order valence-corrected chi connectivity index (χ0v) is 16.6. The Morgan fingerprint density at radius 2 is 2.04 bits per heavy atom. The van der Waals surface area contributed by atoms with Crippen LogP contribution in [0.15, 0.2) is 53.1 Å². The van der Waals surface area contributed by atoms with Crippen molar-refractivity contribution in [2.24, 2.45) is 0 Å². The van der Waals surface area contributed by atoms with Crippen molar-refractivity contribution >= 4 is 41.6 Å². The van der Waals surface area contributed by atoms with Gasteiger partial charge in [0.25, 0.3) is 5.91 Å². The molecule has 0 radical (unpaired) electrons. The highest BCUT2D eigenvalue weighted by atomic mass is 35.5. The number of nitrogens with zero attached hydrogens (tertiary/aromatic N) is 1. The number of carbonyl (C=O) groups is 1. The summed E-state index contributed by atoms with van der Waals surface area (Å²) in [5.74, 6) is 0.597. The second kappa shape index (κ2) is 9.22. The van der Waals surface area contributed by atoms with Crippen LogP contribution in [0.4, 0.5) is 0 Å². The van der Waals surface area contributed by atoms with E-state index in [-0.39, 0.29) is 42.8 Å². The molecule has 0 bridgehead atoms. The van der Waals surface area contributed by atoms with Gasteiger partial charge in [0.15, 0.2) is 5.76 Å². The maximum Gasteiger partial charge on any atom is 0.252 e. The van der Waals surface area contributed by atoms with Gasteiger partial charge in [-0.05, 0) is 50.6 Å². The normalized spacial score (nSPS) is 19.0. The Morgan fingerprint density at radius 3 is 2.78 bits per heavy atom. The monoisotopic (exact) mass is 407 g/mol. The van der Waals surface area contributed by atoms with Crippen LogP contribution in [0, 0.1) is 0 Å². The molecule has 3 aromatic rings. The van der Waals surface area contributed by atoms with Gasteiger partial charge in [-0.25, -0.2) is 4.98 Å². The average molecular weight is 408 g/mol. The van der Waals surface area contributed by atoms with Gasteiger partial charge in [0.05, 0.1) is 17.3 Å². The molecular weight excluding hydrogens is 385 g/mol. The topological polar surface area (TPSA) is 67.2 Å². The van der Waals surface area contributed by atoms with E-state index in [1.165, 1.54) is 0 Å². The first kappa shape index (κ1) is 21.2. The summed E-state index contributed by atoms with van der Waals surface area (Å²) >= 11 is 0. The van der Waals surface area contributed by atoms with Crippen LogP contribution >= 0.6 is 24.8 Å². The number of nitrogens with one attached hydrogen (secondary N) is 2. The van der Waals surface area contributed by atoms with Crippen LogP contribution in [0.2, 0.25) is 0 Å². The molecule has 27 heavy (non-hydrogen) atoms. The van der Waals surface area contributed by atoms with Crippen molar-refractivity contribution in [2.45, 2.75) is 31.8 Å². The molecule has 5 nitrogen and oxygen atoms in total. The molecule has 7 heteroatoms. The number of carbonyl (C=O) groups excluding carboxylic acids is 1. The fraction of sp³-hybridized carbons (Fsp3) is 0.300. The van der Waals surface area contributed by atoms with E-state index in [4.69, 9.17) is 4.42 Å². The summed E-state index contributed by atoms with van der Waals surface area (Å²) in [5, 5.41) is 7.46. The van der Waals surface area contributed by atoms with Crippen molar-refractivity contribution in [3.63, 3.8) is 0 Å². The van der Waals surface area contributed by atoms with Crippen molar-refractivity contribution < 1.29 is 9.21 Å². The summed E-state index contributed by atoms with van der Waals surface area (Å²) in [6, 6.07) is 13.6. The van der Waals surface area contributed by atoms with Crippen LogP contribution in [0.25, 0.3) is 22.4 Å². The van der Waals surface area contributed by atoms with Crippen molar-refractivity contribution in [2.75, 3.05) is 6.54 Å². The average Bonchev–Trinajstić information content (AvgIpc) is 3.17. The zero-order valence-electron chi connectivity index (χ0n) is 15.0. The lowest BCUT2D eigenvalue weighted by molar-refractivity contribution is 0.0921. The van der Waals surface area contributed by atoms with Crippen LogP contribution in [0.3, 0.4) is 0 Å². The first-order chi connectivity index (χ1) is 12.2. The van der Waals surface area contributed by atoms with E-state index in [1.54, 1.807) is 6.26 Å². The molecule has 1 fully saturated rings. The summed E-state index contributed by atoms with van der Waals surface area (Å²) in [6.07, 6.45) is 3.68. The molecule has 2 N–H and O–H groups in total. The number of piperidine rings is 1. The van der Waals surface area contributed by atoms with Crippen molar-refractivity contribution in [3.8, 4) is 11.5 Å². The molecule has 0 aliphatic carbocycles. The van der Waals surface area contributed by atoms with E-state index in [0.717, 1.165) is 30.3 Å². The number of amides is 1. The minimum absolute atomic E-state index is 0. The van der Waals surface area contributed by atoms with Crippen LogP contribution < -0.4 is 10.6 Å². The lowest BCUT2D eigenvalue weighted by atomic mass is 9.98. The molecule has 3 heterocycles. The van der Waals surface area contributed by atoms with E-state index in [0.29, 0.717) is 17.0 Å². The van der Waals surface area contributed by atoms with Crippen LogP contribution in [0.1, 0.15) is 30.1 Å². The molecule has 1 saturated heterocycles. The minimum atomic E-state index is -0.0630. The Hall–Kier alpha value is -2.08. The predicted molar refractivity (Wildman–Crippen MR) is 112 cm³/mol. The summed E-state index contributed by atoms with van der Waals surface area (Å²) in [7, 11) is 0. The summed E-state index contributed by atoms with van der Waals surface area (Å²) in [6.45, 7) is 3.12. The first-order valence-electron chi connectivity index (χ1n) is 8.70. The molecule has 144 valence electrons. The smallest absolute Gasteiger partial charge is 0.252 e. The van der Waals surface area contributed by atoms with E-state index in [9.17, 15) is 4.79 Å². The molecule has 1 amide bonds. The highest BCUT2D eigenvalue weighted by Crippen LogP contribution is 2.25. The standard InChI is InChI=1S/C20H21N3O2.2ClH/c1-13-16(8-4-10-21-13)23-20(24)15-12-18(19-9-5-11-25-19)22-17-7-3-2-6-14(15)17;;/h2-3,5-7,9,11-13,16,21H,4,8,10H2,1H3,(H,23,24);2*1H. The minimum Gasteiger partial charge on any atom is -0.463 e. The van der Waals surface area contributed by atoms with Gasteiger partial charge in [-0.15, -0.1) is 24.8 Å². The largest absolute Gasteiger partial charge is 0.463 e. The Labute approximate surface area is 170 Å². The predicted octanol–water partition coefficient (Wildman–Crippen LogP) is 4.21. The number of aromatic nitrogens is 1. The fourth-order valence-electron chi connectivity index (χ4n) is 3.40. The number of halogens is 2. The van der Waals surface area contributed by atoms with Gasteiger partial charge in [-0.3, -0.25) is 4.79 Å². The number of pyridine rings is 1. The summed E-state index contributed by atoms with van der Waals surface area (Å²) < 4.78 is 5.47. The van der Waals surface area contributed by atoms with Crippen LogP contribution in [0.5, 0.6) is 0 Å². The Kier molecular flexibility index (Phi) is 7.25. The van der Waals surface area contributed by atoms with E-state index in [1.807, 2.05) is 42.5 Å². The van der Waals surface area contributed by atoms with Gasteiger partial charge in [-0.2, -0.15) is 0 Å². The van der Waals surface area contributed by atoms with E-state index >= 15 is 0 Å². The molecule has 2 unspecified atom stereocenters. The van der Waals surface area contributed by atoms with Gasteiger partial charge in [0.2, 0.25) is 0 Å². The molecule has 1 aromatic carbocycles. The van der Waals surface area contributed by atoms with Gasteiger partial charge in [0.1, 0.15) is 5.69 Å². The number of rotatable bonds is 3. The molecule has 1 aliphatic rings. The molecule has 4 rings (SSSR count). The maximum atomic E-state index is 13.0. The number of para-hydroxylation sites is 1. The molecule has 2 aromatic heterocycles. The highest BCUT2D eigenvalue weighted by Gasteiger charge is 2.24. The van der Waals surface area contributed by atoms with E-state index in [2.05, 4.69) is 22.5 Å². The second-order valence-corrected chi connectivity index (χ2v) is 6.51. The summed E-state index contributed by atoms with van der Waals surface area (Å²) in [5.41, 5.74) is 2.09.